The Labute approximate surface area is 204 Å². The highest BCUT2D eigenvalue weighted by molar-refractivity contribution is 7.91. The van der Waals surface area contributed by atoms with Crippen LogP contribution in [0.15, 0.2) is 93.3 Å². The van der Waals surface area contributed by atoms with Gasteiger partial charge in [-0.15, -0.1) is 0 Å². The predicted octanol–water partition coefficient (Wildman–Crippen LogP) is 4.00. The number of nitrogens with zero attached hydrogens (tertiary/aromatic N) is 1. The van der Waals surface area contributed by atoms with Crippen LogP contribution in [0.3, 0.4) is 0 Å². The van der Waals surface area contributed by atoms with Gasteiger partial charge in [0.05, 0.1) is 18.1 Å². The van der Waals surface area contributed by atoms with Gasteiger partial charge in [0, 0.05) is 30.6 Å². The molecule has 1 aliphatic heterocycles. The third-order valence-electron chi connectivity index (χ3n) is 6.02. The van der Waals surface area contributed by atoms with Gasteiger partial charge in [0.1, 0.15) is 24.0 Å². The summed E-state index contributed by atoms with van der Waals surface area (Å²) in [5.41, 5.74) is 1.83. The average Bonchev–Trinajstić information content (AvgIpc) is 3.29. The number of furan rings is 1. The first kappa shape index (κ1) is 23.6. The molecule has 1 aromatic heterocycles. The van der Waals surface area contributed by atoms with Gasteiger partial charge < -0.3 is 19.0 Å². The molecule has 2 heterocycles. The number of rotatable bonds is 8. The van der Waals surface area contributed by atoms with Crippen LogP contribution in [-0.4, -0.2) is 64.0 Å². The van der Waals surface area contributed by atoms with E-state index in [1.165, 1.54) is 12.1 Å². The van der Waals surface area contributed by atoms with Crippen LogP contribution in [0.4, 0.5) is 0 Å². The van der Waals surface area contributed by atoms with E-state index in [1.54, 1.807) is 18.2 Å². The number of sulfone groups is 1. The summed E-state index contributed by atoms with van der Waals surface area (Å²) < 4.78 is 44.1. The molecule has 5 rings (SSSR count). The molecule has 7 nitrogen and oxygen atoms in total. The number of para-hydroxylation sites is 1. The van der Waals surface area contributed by atoms with E-state index in [0.29, 0.717) is 36.7 Å². The topological polar surface area (TPSA) is 89.2 Å². The largest absolute Gasteiger partial charge is 0.491 e. The molecule has 35 heavy (non-hydrogen) atoms. The van der Waals surface area contributed by atoms with E-state index in [0.717, 1.165) is 24.0 Å². The number of ether oxygens (including phenoxy) is 2. The van der Waals surface area contributed by atoms with Crippen molar-refractivity contribution in [2.24, 2.45) is 0 Å². The number of aliphatic hydroxyl groups excluding tert-OH is 1. The molecule has 8 heteroatoms. The Hall–Kier alpha value is -3.17. The van der Waals surface area contributed by atoms with Crippen molar-refractivity contribution in [2.75, 3.05) is 39.5 Å². The van der Waals surface area contributed by atoms with Gasteiger partial charge in [-0.3, -0.25) is 4.90 Å². The third kappa shape index (κ3) is 5.11. The molecule has 3 aromatic carbocycles. The summed E-state index contributed by atoms with van der Waals surface area (Å²) in [6.45, 7) is 3.53. The Balaban J connectivity index is 1.36. The number of fused-ring (bicyclic) bond motifs is 1. The molecular formula is C27H27NO6S. The SMILES string of the molecule is O=S(=O)(c1ccc(OCC(O)CN2CCOCC2)cc1)c1oc2ccccc2c1-c1ccccc1. The molecule has 0 radical (unpaired) electrons. The smallest absolute Gasteiger partial charge is 0.240 e. The lowest BCUT2D eigenvalue weighted by molar-refractivity contribution is 0.00465. The summed E-state index contributed by atoms with van der Waals surface area (Å²) in [5.74, 6) is 0.484. The molecule has 4 aromatic rings. The molecule has 1 fully saturated rings. The molecule has 182 valence electrons. The van der Waals surface area contributed by atoms with Gasteiger partial charge in [0.2, 0.25) is 14.9 Å². The maximum Gasteiger partial charge on any atom is 0.240 e. The molecular weight excluding hydrogens is 466 g/mol. The van der Waals surface area contributed by atoms with E-state index >= 15 is 0 Å². The van der Waals surface area contributed by atoms with Crippen molar-refractivity contribution >= 4 is 20.8 Å². The second kappa shape index (κ2) is 10.2. The number of hydrogen-bond donors (Lipinski definition) is 1. The minimum Gasteiger partial charge on any atom is -0.491 e. The minimum atomic E-state index is -3.94. The van der Waals surface area contributed by atoms with E-state index in [-0.39, 0.29) is 16.6 Å². The normalized spacial score (nSPS) is 15.8. The standard InChI is InChI=1S/C27H27NO6S/c29-21(18-28-14-16-32-17-15-28)19-33-22-10-12-23(13-11-22)35(30,31)27-26(20-6-2-1-3-7-20)24-8-4-5-9-25(24)34-27/h1-13,21,29H,14-19H2. The molecule has 1 unspecified atom stereocenters. The lowest BCUT2D eigenvalue weighted by Gasteiger charge is -2.28. The Morgan fingerprint density at radius 3 is 2.34 bits per heavy atom. The molecule has 0 saturated carbocycles. The molecule has 0 bridgehead atoms. The van der Waals surface area contributed by atoms with E-state index in [1.807, 2.05) is 48.5 Å². The second-order valence-corrected chi connectivity index (χ2v) is 10.3. The minimum absolute atomic E-state index is 0.0838. The van der Waals surface area contributed by atoms with Crippen molar-refractivity contribution in [3.63, 3.8) is 0 Å². The van der Waals surface area contributed by atoms with Gasteiger partial charge >= 0.3 is 0 Å². The number of aliphatic hydroxyl groups is 1. The molecule has 0 amide bonds. The van der Waals surface area contributed by atoms with E-state index < -0.39 is 15.9 Å². The van der Waals surface area contributed by atoms with Crippen LogP contribution < -0.4 is 4.74 Å². The number of β-amino-alcohol motifs (C(OH)–C–C–N with tert-alkyl or cyclic N) is 1. The monoisotopic (exact) mass is 493 g/mol. The number of hydrogen-bond acceptors (Lipinski definition) is 7. The summed E-state index contributed by atoms with van der Waals surface area (Å²) >= 11 is 0. The average molecular weight is 494 g/mol. The van der Waals surface area contributed by atoms with Crippen LogP contribution in [0.2, 0.25) is 0 Å². The van der Waals surface area contributed by atoms with Crippen LogP contribution >= 0.6 is 0 Å². The molecule has 1 aliphatic rings. The fourth-order valence-corrected chi connectivity index (χ4v) is 5.64. The van der Waals surface area contributed by atoms with Gasteiger partial charge in [0.25, 0.3) is 0 Å². The van der Waals surface area contributed by atoms with Crippen LogP contribution in [0, 0.1) is 0 Å². The Bertz CT molecular complexity index is 1380. The maximum absolute atomic E-state index is 13.6. The molecule has 0 aliphatic carbocycles. The Kier molecular flexibility index (Phi) is 6.88. The fraction of sp³-hybridized carbons (Fsp3) is 0.259. The molecule has 0 spiro atoms. The zero-order valence-corrected chi connectivity index (χ0v) is 20.0. The van der Waals surface area contributed by atoms with Crippen molar-refractivity contribution in [1.29, 1.82) is 0 Å². The lowest BCUT2D eigenvalue weighted by atomic mass is 10.1. The summed E-state index contributed by atoms with van der Waals surface area (Å²) in [5, 5.41) is 10.9. The van der Waals surface area contributed by atoms with Gasteiger partial charge in [-0.1, -0.05) is 48.5 Å². The fourth-order valence-electron chi connectivity index (χ4n) is 4.24. The van der Waals surface area contributed by atoms with E-state index in [9.17, 15) is 13.5 Å². The van der Waals surface area contributed by atoms with Crippen LogP contribution in [0.1, 0.15) is 0 Å². The second-order valence-electron chi connectivity index (χ2n) is 8.48. The van der Waals surface area contributed by atoms with Crippen molar-refractivity contribution in [1.82, 2.24) is 4.90 Å². The Morgan fingerprint density at radius 2 is 1.60 bits per heavy atom. The van der Waals surface area contributed by atoms with Gasteiger partial charge in [-0.05, 0) is 35.9 Å². The predicted molar refractivity (Wildman–Crippen MR) is 132 cm³/mol. The van der Waals surface area contributed by atoms with Crippen LogP contribution in [0.25, 0.3) is 22.1 Å². The van der Waals surface area contributed by atoms with Crippen molar-refractivity contribution in [2.45, 2.75) is 16.1 Å². The zero-order valence-electron chi connectivity index (χ0n) is 19.2. The summed E-state index contributed by atoms with van der Waals surface area (Å²) in [4.78, 5) is 2.24. The van der Waals surface area contributed by atoms with Crippen molar-refractivity contribution in [3.05, 3.63) is 78.9 Å². The highest BCUT2D eigenvalue weighted by Gasteiger charge is 2.29. The highest BCUT2D eigenvalue weighted by atomic mass is 32.2. The first-order valence-corrected chi connectivity index (χ1v) is 13.0. The quantitative estimate of drug-likeness (QED) is 0.397. The van der Waals surface area contributed by atoms with E-state index in [2.05, 4.69) is 4.90 Å². The zero-order chi connectivity index (χ0) is 24.3. The first-order valence-electron chi connectivity index (χ1n) is 11.6. The first-order chi connectivity index (χ1) is 17.0. The maximum atomic E-state index is 13.6. The van der Waals surface area contributed by atoms with Gasteiger partial charge in [-0.2, -0.15) is 0 Å². The van der Waals surface area contributed by atoms with E-state index in [4.69, 9.17) is 13.9 Å². The number of benzene rings is 3. The Morgan fingerprint density at radius 1 is 0.914 bits per heavy atom. The lowest BCUT2D eigenvalue weighted by Crippen LogP contribution is -2.42. The molecule has 1 atom stereocenters. The summed E-state index contributed by atoms with van der Waals surface area (Å²) in [6.07, 6.45) is -0.652. The third-order valence-corrected chi connectivity index (χ3v) is 7.69. The van der Waals surface area contributed by atoms with Crippen molar-refractivity contribution in [3.8, 4) is 16.9 Å². The van der Waals surface area contributed by atoms with Gasteiger partial charge in [-0.25, -0.2) is 8.42 Å². The van der Waals surface area contributed by atoms with Crippen LogP contribution in [0.5, 0.6) is 5.75 Å². The molecule has 1 saturated heterocycles. The summed E-state index contributed by atoms with van der Waals surface area (Å²) in [7, 11) is -3.94. The number of morpholine rings is 1. The highest BCUT2D eigenvalue weighted by Crippen LogP contribution is 2.39. The summed E-state index contributed by atoms with van der Waals surface area (Å²) in [6, 6.07) is 22.9. The van der Waals surface area contributed by atoms with Crippen LogP contribution in [-0.2, 0) is 14.6 Å². The van der Waals surface area contributed by atoms with Gasteiger partial charge in [0.15, 0.2) is 0 Å². The van der Waals surface area contributed by atoms with Crippen molar-refractivity contribution < 1.29 is 27.4 Å². The molecule has 1 N–H and O–H groups in total.